The minimum absolute atomic E-state index is 0.0288. The number of carboxylic acids is 1. The van der Waals surface area contributed by atoms with Gasteiger partial charge in [-0.25, -0.2) is 4.79 Å². The number of aromatic nitrogens is 1. The van der Waals surface area contributed by atoms with Gasteiger partial charge in [0.1, 0.15) is 5.69 Å². The van der Waals surface area contributed by atoms with Crippen LogP contribution in [-0.2, 0) is 0 Å². The molecule has 1 heterocycles. The van der Waals surface area contributed by atoms with Crippen LogP contribution >= 0.6 is 0 Å². The molecule has 1 rings (SSSR count). The molecule has 104 valence electrons. The standard InChI is InChI=1S/C14H20N2O3/c1-10(2)6-3-4-8-16-13(17)12-11(14(18)19)7-5-9-15-12/h5,7,9-10H,3-4,6,8H2,1-2H3,(H,16,17)(H,18,19). The molecule has 5 heteroatoms. The monoisotopic (exact) mass is 264 g/mol. The van der Waals surface area contributed by atoms with E-state index >= 15 is 0 Å². The van der Waals surface area contributed by atoms with Crippen LogP contribution in [0.5, 0.6) is 0 Å². The third-order valence-electron chi connectivity index (χ3n) is 2.75. The highest BCUT2D eigenvalue weighted by molar-refractivity contribution is 6.03. The molecule has 0 radical (unpaired) electrons. The van der Waals surface area contributed by atoms with Gasteiger partial charge in [0, 0.05) is 12.7 Å². The van der Waals surface area contributed by atoms with E-state index in [1.54, 1.807) is 0 Å². The van der Waals surface area contributed by atoms with Crippen molar-refractivity contribution in [3.63, 3.8) is 0 Å². The van der Waals surface area contributed by atoms with Gasteiger partial charge in [-0.05, 0) is 24.5 Å². The van der Waals surface area contributed by atoms with Crippen molar-refractivity contribution in [1.82, 2.24) is 10.3 Å². The zero-order valence-corrected chi connectivity index (χ0v) is 11.3. The first-order valence-electron chi connectivity index (χ1n) is 6.49. The van der Waals surface area contributed by atoms with E-state index in [1.807, 2.05) is 0 Å². The molecular formula is C14H20N2O3. The third-order valence-corrected chi connectivity index (χ3v) is 2.75. The highest BCUT2D eigenvalue weighted by Gasteiger charge is 2.16. The highest BCUT2D eigenvalue weighted by atomic mass is 16.4. The van der Waals surface area contributed by atoms with Crippen molar-refractivity contribution >= 4 is 11.9 Å². The summed E-state index contributed by atoms with van der Waals surface area (Å²) in [5, 5.41) is 11.7. The molecular weight excluding hydrogens is 244 g/mol. The molecule has 2 N–H and O–H groups in total. The molecule has 0 aromatic carbocycles. The van der Waals surface area contributed by atoms with E-state index in [4.69, 9.17) is 5.11 Å². The van der Waals surface area contributed by atoms with Gasteiger partial charge in [0.25, 0.3) is 5.91 Å². The second-order valence-corrected chi connectivity index (χ2v) is 4.85. The van der Waals surface area contributed by atoms with Crippen LogP contribution in [0.3, 0.4) is 0 Å². The second-order valence-electron chi connectivity index (χ2n) is 4.85. The van der Waals surface area contributed by atoms with Crippen LogP contribution in [0, 0.1) is 5.92 Å². The van der Waals surface area contributed by atoms with Crippen LogP contribution in [0.15, 0.2) is 18.3 Å². The average molecular weight is 264 g/mol. The van der Waals surface area contributed by atoms with Crippen molar-refractivity contribution < 1.29 is 14.7 Å². The molecule has 0 atom stereocenters. The van der Waals surface area contributed by atoms with Crippen LogP contribution in [-0.4, -0.2) is 28.5 Å². The molecule has 19 heavy (non-hydrogen) atoms. The fourth-order valence-corrected chi connectivity index (χ4v) is 1.72. The molecule has 1 aromatic rings. The largest absolute Gasteiger partial charge is 0.478 e. The van der Waals surface area contributed by atoms with Gasteiger partial charge in [-0.3, -0.25) is 9.78 Å². The van der Waals surface area contributed by atoms with Crippen molar-refractivity contribution in [2.75, 3.05) is 6.54 Å². The molecule has 0 unspecified atom stereocenters. The summed E-state index contributed by atoms with van der Waals surface area (Å²) in [6, 6.07) is 2.88. The van der Waals surface area contributed by atoms with E-state index in [2.05, 4.69) is 24.1 Å². The number of hydrogen-bond donors (Lipinski definition) is 2. The lowest BCUT2D eigenvalue weighted by atomic mass is 10.1. The second kappa shape index (κ2) is 7.51. The summed E-state index contributed by atoms with van der Waals surface area (Å²) in [4.78, 5) is 26.6. The Morgan fingerprint density at radius 3 is 2.74 bits per heavy atom. The predicted molar refractivity (Wildman–Crippen MR) is 72.2 cm³/mol. The van der Waals surface area contributed by atoms with Gasteiger partial charge >= 0.3 is 5.97 Å². The first-order valence-corrected chi connectivity index (χ1v) is 6.49. The Morgan fingerprint density at radius 2 is 2.11 bits per heavy atom. The van der Waals surface area contributed by atoms with Gasteiger partial charge in [0.2, 0.25) is 0 Å². The maximum absolute atomic E-state index is 11.8. The number of carbonyl (C=O) groups is 2. The summed E-state index contributed by atoms with van der Waals surface area (Å²) >= 11 is 0. The normalized spacial score (nSPS) is 10.5. The lowest BCUT2D eigenvalue weighted by Crippen LogP contribution is -2.27. The third kappa shape index (κ3) is 5.07. The van der Waals surface area contributed by atoms with E-state index in [-0.39, 0.29) is 11.3 Å². The Morgan fingerprint density at radius 1 is 1.37 bits per heavy atom. The molecule has 1 aromatic heterocycles. The molecule has 0 aliphatic carbocycles. The first kappa shape index (κ1) is 15.1. The average Bonchev–Trinajstić information content (AvgIpc) is 2.37. The molecule has 0 aliphatic heterocycles. The fraction of sp³-hybridized carbons (Fsp3) is 0.500. The van der Waals surface area contributed by atoms with Crippen LogP contribution in [0.4, 0.5) is 0 Å². The minimum atomic E-state index is -1.14. The van der Waals surface area contributed by atoms with Crippen LogP contribution in [0.2, 0.25) is 0 Å². The van der Waals surface area contributed by atoms with E-state index in [9.17, 15) is 9.59 Å². The number of aromatic carboxylic acids is 1. The Bertz CT molecular complexity index is 444. The molecule has 5 nitrogen and oxygen atoms in total. The van der Waals surface area contributed by atoms with Crippen LogP contribution in [0.25, 0.3) is 0 Å². The van der Waals surface area contributed by atoms with E-state index in [0.717, 1.165) is 19.3 Å². The minimum Gasteiger partial charge on any atom is -0.478 e. The van der Waals surface area contributed by atoms with Gasteiger partial charge in [-0.15, -0.1) is 0 Å². The molecule has 1 amide bonds. The number of rotatable bonds is 7. The lowest BCUT2D eigenvalue weighted by molar-refractivity contribution is 0.0690. The summed E-state index contributed by atoms with van der Waals surface area (Å²) < 4.78 is 0. The van der Waals surface area contributed by atoms with Gasteiger partial charge < -0.3 is 10.4 Å². The topological polar surface area (TPSA) is 79.3 Å². The predicted octanol–water partition coefficient (Wildman–Crippen LogP) is 2.34. The van der Waals surface area contributed by atoms with Crippen LogP contribution < -0.4 is 5.32 Å². The quantitative estimate of drug-likeness (QED) is 0.741. The summed E-state index contributed by atoms with van der Waals surface area (Å²) in [6.07, 6.45) is 4.48. The molecule has 0 saturated heterocycles. The van der Waals surface area contributed by atoms with Crippen molar-refractivity contribution in [3.8, 4) is 0 Å². The summed E-state index contributed by atoms with van der Waals surface area (Å²) in [5.74, 6) is -0.911. The summed E-state index contributed by atoms with van der Waals surface area (Å²) in [7, 11) is 0. The summed E-state index contributed by atoms with van der Waals surface area (Å²) in [5.41, 5.74) is -0.0963. The van der Waals surface area contributed by atoms with Gasteiger partial charge in [0.15, 0.2) is 0 Å². The highest BCUT2D eigenvalue weighted by Crippen LogP contribution is 2.07. The first-order chi connectivity index (χ1) is 9.02. The smallest absolute Gasteiger partial charge is 0.338 e. The van der Waals surface area contributed by atoms with E-state index in [1.165, 1.54) is 18.3 Å². The number of nitrogens with one attached hydrogen (secondary N) is 1. The molecule has 0 spiro atoms. The number of carboxylic acid groups (broad SMARTS) is 1. The molecule has 0 aliphatic rings. The number of hydrogen-bond acceptors (Lipinski definition) is 3. The molecule has 0 fully saturated rings. The summed E-state index contributed by atoms with van der Waals surface area (Å²) in [6.45, 7) is 4.86. The zero-order chi connectivity index (χ0) is 14.3. The van der Waals surface area contributed by atoms with Gasteiger partial charge in [0.05, 0.1) is 5.56 Å². The number of unbranched alkanes of at least 4 members (excludes halogenated alkanes) is 1. The molecule has 0 saturated carbocycles. The van der Waals surface area contributed by atoms with Crippen molar-refractivity contribution in [1.29, 1.82) is 0 Å². The Kier molecular flexibility index (Phi) is 5.99. The Balaban J connectivity index is 2.48. The van der Waals surface area contributed by atoms with E-state index in [0.29, 0.717) is 12.5 Å². The van der Waals surface area contributed by atoms with Crippen molar-refractivity contribution in [2.45, 2.75) is 33.1 Å². The maximum Gasteiger partial charge on any atom is 0.338 e. The SMILES string of the molecule is CC(C)CCCCNC(=O)c1ncccc1C(=O)O. The Labute approximate surface area is 113 Å². The number of carbonyl (C=O) groups excluding carboxylic acids is 1. The Hall–Kier alpha value is -1.91. The van der Waals surface area contributed by atoms with E-state index < -0.39 is 11.9 Å². The lowest BCUT2D eigenvalue weighted by Gasteiger charge is -2.07. The number of pyridine rings is 1. The number of amides is 1. The van der Waals surface area contributed by atoms with Crippen molar-refractivity contribution in [2.24, 2.45) is 5.92 Å². The maximum atomic E-state index is 11.8. The number of nitrogens with zero attached hydrogens (tertiary/aromatic N) is 1. The van der Waals surface area contributed by atoms with Gasteiger partial charge in [-0.1, -0.05) is 26.7 Å². The zero-order valence-electron chi connectivity index (χ0n) is 11.3. The van der Waals surface area contributed by atoms with Gasteiger partial charge in [-0.2, -0.15) is 0 Å². The fourth-order valence-electron chi connectivity index (χ4n) is 1.72. The molecule has 0 bridgehead atoms. The van der Waals surface area contributed by atoms with Crippen LogP contribution in [0.1, 0.15) is 54.0 Å². The van der Waals surface area contributed by atoms with Crippen molar-refractivity contribution in [3.05, 3.63) is 29.6 Å².